The largest absolute Gasteiger partial charge is 0.481 e. The standard InChI is InChI=1S/C18H32O3/c1-2-3-7-15-8-12-17(13-9-15,16(19)20)14-18(21)10-5-4-6-11-18/h15,21H,2-14H2,1H3,(H,19,20). The predicted octanol–water partition coefficient (Wildman–Crippen LogP) is 4.52. The first kappa shape index (κ1) is 16.8. The second kappa shape index (κ2) is 7.13. The van der Waals surface area contributed by atoms with E-state index in [0.717, 1.165) is 51.4 Å². The third-order valence-electron chi connectivity index (χ3n) is 5.93. The first-order valence-electron chi connectivity index (χ1n) is 8.95. The lowest BCUT2D eigenvalue weighted by Crippen LogP contribution is -2.44. The maximum atomic E-state index is 11.9. The second-order valence-electron chi connectivity index (χ2n) is 7.63. The Morgan fingerprint density at radius 1 is 1.10 bits per heavy atom. The molecule has 3 nitrogen and oxygen atoms in total. The number of hydrogen-bond acceptors (Lipinski definition) is 2. The zero-order valence-corrected chi connectivity index (χ0v) is 13.6. The third-order valence-corrected chi connectivity index (χ3v) is 5.93. The Morgan fingerprint density at radius 3 is 2.24 bits per heavy atom. The molecule has 0 saturated heterocycles. The molecule has 0 aromatic carbocycles. The van der Waals surface area contributed by atoms with E-state index in [2.05, 4.69) is 6.92 Å². The molecule has 0 amide bonds. The zero-order valence-electron chi connectivity index (χ0n) is 13.6. The van der Waals surface area contributed by atoms with Crippen molar-refractivity contribution in [3.05, 3.63) is 0 Å². The van der Waals surface area contributed by atoms with Crippen molar-refractivity contribution in [3.63, 3.8) is 0 Å². The SMILES string of the molecule is CCCCC1CCC(CC2(O)CCCCC2)(C(=O)O)CC1. The van der Waals surface area contributed by atoms with E-state index >= 15 is 0 Å². The highest BCUT2D eigenvalue weighted by molar-refractivity contribution is 5.75. The normalized spacial score (nSPS) is 32.8. The van der Waals surface area contributed by atoms with E-state index in [4.69, 9.17) is 0 Å². The summed E-state index contributed by atoms with van der Waals surface area (Å²) in [5, 5.41) is 20.6. The molecule has 0 bridgehead atoms. The summed E-state index contributed by atoms with van der Waals surface area (Å²) in [6.07, 6.45) is 12.7. The molecule has 0 radical (unpaired) electrons. The molecule has 0 spiro atoms. The van der Waals surface area contributed by atoms with Gasteiger partial charge in [-0.25, -0.2) is 0 Å². The molecule has 2 fully saturated rings. The van der Waals surface area contributed by atoms with Crippen molar-refractivity contribution in [2.75, 3.05) is 0 Å². The lowest BCUT2D eigenvalue weighted by molar-refractivity contribution is -0.158. The van der Waals surface area contributed by atoms with Crippen LogP contribution < -0.4 is 0 Å². The highest BCUT2D eigenvalue weighted by Gasteiger charge is 2.47. The fraction of sp³-hybridized carbons (Fsp3) is 0.944. The maximum absolute atomic E-state index is 11.9. The van der Waals surface area contributed by atoms with Crippen LogP contribution in [0.2, 0.25) is 0 Å². The van der Waals surface area contributed by atoms with Crippen LogP contribution >= 0.6 is 0 Å². The molecule has 2 N–H and O–H groups in total. The summed E-state index contributed by atoms with van der Waals surface area (Å²) in [7, 11) is 0. The quantitative estimate of drug-likeness (QED) is 0.757. The number of carboxylic acid groups (broad SMARTS) is 1. The Kier molecular flexibility index (Phi) is 5.70. The van der Waals surface area contributed by atoms with Gasteiger partial charge in [-0.05, 0) is 50.9 Å². The van der Waals surface area contributed by atoms with Gasteiger partial charge in [0.25, 0.3) is 0 Å². The van der Waals surface area contributed by atoms with E-state index in [1.54, 1.807) is 0 Å². The van der Waals surface area contributed by atoms with Crippen LogP contribution in [-0.4, -0.2) is 21.8 Å². The van der Waals surface area contributed by atoms with Crippen LogP contribution in [0.1, 0.15) is 90.4 Å². The Labute approximate surface area is 129 Å². The molecule has 3 heteroatoms. The number of hydrogen-bond donors (Lipinski definition) is 2. The average molecular weight is 296 g/mol. The molecular weight excluding hydrogens is 264 g/mol. The second-order valence-corrected chi connectivity index (χ2v) is 7.63. The first-order valence-corrected chi connectivity index (χ1v) is 8.95. The molecule has 2 aliphatic carbocycles. The van der Waals surface area contributed by atoms with Crippen LogP contribution in [-0.2, 0) is 4.79 Å². The van der Waals surface area contributed by atoms with Crippen molar-refractivity contribution in [2.45, 2.75) is 96.0 Å². The fourth-order valence-electron chi connectivity index (χ4n) is 4.49. The van der Waals surface area contributed by atoms with E-state index in [1.807, 2.05) is 0 Å². The minimum Gasteiger partial charge on any atom is -0.481 e. The van der Waals surface area contributed by atoms with Gasteiger partial charge in [0, 0.05) is 0 Å². The summed E-state index contributed by atoms with van der Waals surface area (Å²) in [6, 6.07) is 0. The molecule has 122 valence electrons. The van der Waals surface area contributed by atoms with Gasteiger partial charge in [-0.15, -0.1) is 0 Å². The third kappa shape index (κ3) is 4.21. The summed E-state index contributed by atoms with van der Waals surface area (Å²) >= 11 is 0. The Bertz CT molecular complexity index is 336. The first-order chi connectivity index (χ1) is 10.00. The van der Waals surface area contributed by atoms with Gasteiger partial charge < -0.3 is 10.2 Å². The number of carbonyl (C=O) groups is 1. The van der Waals surface area contributed by atoms with Crippen LogP contribution in [0.5, 0.6) is 0 Å². The van der Waals surface area contributed by atoms with Gasteiger partial charge in [0.2, 0.25) is 0 Å². The number of rotatable bonds is 6. The molecule has 2 saturated carbocycles. The van der Waals surface area contributed by atoms with Gasteiger partial charge in [-0.1, -0.05) is 45.4 Å². The van der Waals surface area contributed by atoms with Crippen molar-refractivity contribution in [1.82, 2.24) is 0 Å². The summed E-state index contributed by atoms with van der Waals surface area (Å²) < 4.78 is 0. The minimum absolute atomic E-state index is 0.482. The molecule has 0 atom stereocenters. The molecule has 2 aliphatic rings. The van der Waals surface area contributed by atoms with Gasteiger partial charge >= 0.3 is 5.97 Å². The average Bonchev–Trinajstić information content (AvgIpc) is 2.47. The highest BCUT2D eigenvalue weighted by Crippen LogP contribution is 2.48. The zero-order chi connectivity index (χ0) is 15.3. The summed E-state index contributed by atoms with van der Waals surface area (Å²) in [5.41, 5.74) is -1.37. The van der Waals surface area contributed by atoms with Gasteiger partial charge in [0.1, 0.15) is 0 Å². The minimum atomic E-state index is -0.715. The van der Waals surface area contributed by atoms with Gasteiger partial charge in [-0.3, -0.25) is 4.79 Å². The topological polar surface area (TPSA) is 57.5 Å². The molecule has 2 rings (SSSR count). The summed E-state index contributed by atoms with van der Waals surface area (Å²) in [4.78, 5) is 11.9. The molecule has 0 aromatic rings. The van der Waals surface area contributed by atoms with Crippen LogP contribution in [0, 0.1) is 11.3 Å². The number of aliphatic carboxylic acids is 1. The number of carboxylic acids is 1. The Balaban J connectivity index is 1.97. The Hall–Kier alpha value is -0.570. The lowest BCUT2D eigenvalue weighted by Gasteiger charge is -2.43. The van der Waals surface area contributed by atoms with Crippen LogP contribution in [0.4, 0.5) is 0 Å². The van der Waals surface area contributed by atoms with Crippen molar-refractivity contribution >= 4 is 5.97 Å². The predicted molar refractivity (Wildman–Crippen MR) is 84.2 cm³/mol. The molecule has 0 unspecified atom stereocenters. The van der Waals surface area contributed by atoms with E-state index < -0.39 is 17.0 Å². The van der Waals surface area contributed by atoms with Crippen molar-refractivity contribution in [2.24, 2.45) is 11.3 Å². The molecule has 0 aromatic heterocycles. The van der Waals surface area contributed by atoms with E-state index in [1.165, 1.54) is 25.7 Å². The van der Waals surface area contributed by atoms with Gasteiger partial charge in [0.05, 0.1) is 11.0 Å². The summed E-state index contributed by atoms with van der Waals surface area (Å²) in [5.74, 6) is 0.0360. The van der Waals surface area contributed by atoms with Crippen LogP contribution in [0.15, 0.2) is 0 Å². The van der Waals surface area contributed by atoms with Crippen molar-refractivity contribution in [1.29, 1.82) is 0 Å². The lowest BCUT2D eigenvalue weighted by atomic mass is 9.63. The Morgan fingerprint density at radius 2 is 1.71 bits per heavy atom. The smallest absolute Gasteiger partial charge is 0.309 e. The van der Waals surface area contributed by atoms with Gasteiger partial charge in [0.15, 0.2) is 0 Å². The monoisotopic (exact) mass is 296 g/mol. The summed E-state index contributed by atoms with van der Waals surface area (Å²) in [6.45, 7) is 2.21. The van der Waals surface area contributed by atoms with Gasteiger partial charge in [-0.2, -0.15) is 0 Å². The number of unbranched alkanes of at least 4 members (excludes halogenated alkanes) is 1. The molecule has 21 heavy (non-hydrogen) atoms. The van der Waals surface area contributed by atoms with E-state index in [9.17, 15) is 15.0 Å². The molecule has 0 aliphatic heterocycles. The van der Waals surface area contributed by atoms with Crippen molar-refractivity contribution < 1.29 is 15.0 Å². The highest BCUT2D eigenvalue weighted by atomic mass is 16.4. The number of aliphatic hydroxyl groups is 1. The fourth-order valence-corrected chi connectivity index (χ4v) is 4.49. The van der Waals surface area contributed by atoms with Crippen LogP contribution in [0.3, 0.4) is 0 Å². The van der Waals surface area contributed by atoms with Crippen LogP contribution in [0.25, 0.3) is 0 Å². The molecular formula is C18H32O3. The van der Waals surface area contributed by atoms with Crippen molar-refractivity contribution in [3.8, 4) is 0 Å². The van der Waals surface area contributed by atoms with E-state index in [-0.39, 0.29) is 0 Å². The molecule has 0 heterocycles. The maximum Gasteiger partial charge on any atom is 0.309 e. The van der Waals surface area contributed by atoms with E-state index in [0.29, 0.717) is 12.3 Å².